The van der Waals surface area contributed by atoms with Crippen LogP contribution < -0.4 is 0 Å². The first-order chi connectivity index (χ1) is 15.7. The maximum Gasteiger partial charge on any atom is 0.191 e. The minimum absolute atomic E-state index is 0.465. The molecule has 0 saturated heterocycles. The molecule has 5 rings (SSSR count). The number of hydrogen-bond acceptors (Lipinski definition) is 3. The van der Waals surface area contributed by atoms with Crippen molar-refractivity contribution in [3.8, 4) is 0 Å². The summed E-state index contributed by atoms with van der Waals surface area (Å²) in [5.74, 6) is 1.80. The third-order valence-electron chi connectivity index (χ3n) is 6.28. The molecule has 1 aromatic heterocycles. The van der Waals surface area contributed by atoms with Crippen LogP contribution in [0.25, 0.3) is 10.8 Å². The summed E-state index contributed by atoms with van der Waals surface area (Å²) in [4.78, 5) is 0. The van der Waals surface area contributed by atoms with E-state index in [1.165, 1.54) is 48.4 Å². The van der Waals surface area contributed by atoms with Crippen LogP contribution in [0.3, 0.4) is 0 Å². The van der Waals surface area contributed by atoms with Gasteiger partial charge >= 0.3 is 0 Å². The fraction of sp³-hybridized carbons (Fsp3) is 0.308. The van der Waals surface area contributed by atoms with Gasteiger partial charge in [-0.25, -0.2) is 0 Å². The molecule has 6 heteroatoms. The monoisotopic (exact) mass is 481 g/mol. The molecular weight excluding hydrogens is 457 g/mol. The second-order valence-electron chi connectivity index (χ2n) is 8.40. The Bertz CT molecular complexity index is 1230. The zero-order chi connectivity index (χ0) is 21.9. The lowest BCUT2D eigenvalue weighted by molar-refractivity contribution is 0.330. The molecule has 0 spiro atoms. The van der Waals surface area contributed by atoms with Crippen LogP contribution in [0.4, 0.5) is 0 Å². The summed E-state index contributed by atoms with van der Waals surface area (Å²) in [6.45, 7) is 0. The van der Waals surface area contributed by atoms with E-state index in [0.717, 1.165) is 28.7 Å². The fourth-order valence-electron chi connectivity index (χ4n) is 4.63. The first-order valence-electron chi connectivity index (χ1n) is 11.2. The second-order valence-corrected chi connectivity index (χ2v) is 10.2. The van der Waals surface area contributed by atoms with Crippen molar-refractivity contribution in [2.24, 2.45) is 0 Å². The van der Waals surface area contributed by atoms with E-state index in [-0.39, 0.29) is 0 Å². The predicted octanol–water partition coefficient (Wildman–Crippen LogP) is 8.13. The van der Waals surface area contributed by atoms with Crippen LogP contribution in [-0.4, -0.2) is 14.8 Å². The molecule has 0 amide bonds. The van der Waals surface area contributed by atoms with Crippen LogP contribution in [0.5, 0.6) is 0 Å². The predicted molar refractivity (Wildman–Crippen MR) is 135 cm³/mol. The quantitative estimate of drug-likeness (QED) is 0.260. The highest BCUT2D eigenvalue weighted by Gasteiger charge is 2.23. The van der Waals surface area contributed by atoms with Crippen LogP contribution >= 0.6 is 35.0 Å². The third-order valence-corrected chi connectivity index (χ3v) is 7.85. The van der Waals surface area contributed by atoms with Gasteiger partial charge in [0, 0.05) is 28.3 Å². The van der Waals surface area contributed by atoms with Gasteiger partial charge in [0.05, 0.1) is 0 Å². The number of thioether (sulfide) groups is 1. The van der Waals surface area contributed by atoms with E-state index in [1.54, 1.807) is 17.8 Å². The SMILES string of the molecule is Clc1ccc(CSc2nnc(Cc3cccc4ccccc34)n2C2CCCCC2)c(Cl)c1. The van der Waals surface area contributed by atoms with Crippen LogP contribution in [0.2, 0.25) is 10.0 Å². The molecule has 3 nitrogen and oxygen atoms in total. The van der Waals surface area contributed by atoms with E-state index in [9.17, 15) is 0 Å². The Balaban J connectivity index is 1.46. The molecule has 1 fully saturated rings. The maximum atomic E-state index is 6.41. The number of fused-ring (bicyclic) bond motifs is 1. The van der Waals surface area contributed by atoms with Crippen molar-refractivity contribution in [2.75, 3.05) is 0 Å². The average molecular weight is 482 g/mol. The summed E-state index contributed by atoms with van der Waals surface area (Å²) in [5.41, 5.74) is 2.36. The smallest absolute Gasteiger partial charge is 0.191 e. The lowest BCUT2D eigenvalue weighted by atomic mass is 9.95. The van der Waals surface area contributed by atoms with Crippen LogP contribution in [0, 0.1) is 0 Å². The Labute approximate surface area is 203 Å². The zero-order valence-electron chi connectivity index (χ0n) is 17.8. The van der Waals surface area contributed by atoms with E-state index >= 15 is 0 Å². The molecule has 164 valence electrons. The van der Waals surface area contributed by atoms with E-state index in [4.69, 9.17) is 23.2 Å². The van der Waals surface area contributed by atoms with Gasteiger partial charge in [-0.15, -0.1) is 10.2 Å². The van der Waals surface area contributed by atoms with E-state index < -0.39 is 0 Å². The van der Waals surface area contributed by atoms with Crippen LogP contribution in [0.1, 0.15) is 55.1 Å². The topological polar surface area (TPSA) is 30.7 Å². The van der Waals surface area contributed by atoms with Crippen molar-refractivity contribution in [1.82, 2.24) is 14.8 Å². The molecule has 0 radical (unpaired) electrons. The van der Waals surface area contributed by atoms with Gasteiger partial charge in [0.25, 0.3) is 0 Å². The van der Waals surface area contributed by atoms with E-state index in [2.05, 4.69) is 57.2 Å². The molecule has 3 aromatic carbocycles. The Hall–Kier alpha value is -2.01. The third kappa shape index (κ3) is 4.68. The molecule has 32 heavy (non-hydrogen) atoms. The second kappa shape index (κ2) is 9.86. The molecule has 4 aromatic rings. The molecule has 0 N–H and O–H groups in total. The minimum atomic E-state index is 0.465. The van der Waals surface area contributed by atoms with Crippen LogP contribution in [-0.2, 0) is 12.2 Å². The highest BCUT2D eigenvalue weighted by Crippen LogP contribution is 2.35. The van der Waals surface area contributed by atoms with Gasteiger partial charge in [0.1, 0.15) is 5.82 Å². The number of benzene rings is 3. The highest BCUT2D eigenvalue weighted by molar-refractivity contribution is 7.98. The summed E-state index contributed by atoms with van der Waals surface area (Å²) < 4.78 is 2.41. The molecule has 1 heterocycles. The first kappa shape index (κ1) is 21.8. The molecule has 0 aliphatic heterocycles. The number of halogens is 2. The van der Waals surface area contributed by atoms with Crippen molar-refractivity contribution in [3.63, 3.8) is 0 Å². The maximum absolute atomic E-state index is 6.41. The van der Waals surface area contributed by atoms with Gasteiger partial charge in [0.15, 0.2) is 5.16 Å². The van der Waals surface area contributed by atoms with Crippen molar-refractivity contribution < 1.29 is 0 Å². The van der Waals surface area contributed by atoms with Gasteiger partial charge < -0.3 is 4.57 Å². The molecule has 0 unspecified atom stereocenters. The summed E-state index contributed by atoms with van der Waals surface area (Å²) in [5, 5.41) is 14.2. The number of hydrogen-bond donors (Lipinski definition) is 0. The molecular formula is C26H25Cl2N3S. The number of nitrogens with zero attached hydrogens (tertiary/aromatic N) is 3. The largest absolute Gasteiger partial charge is 0.303 e. The first-order valence-corrected chi connectivity index (χ1v) is 12.9. The van der Waals surface area contributed by atoms with Crippen molar-refractivity contribution in [1.29, 1.82) is 0 Å². The van der Waals surface area contributed by atoms with E-state index in [1.807, 2.05) is 12.1 Å². The highest BCUT2D eigenvalue weighted by atomic mass is 35.5. The lowest BCUT2D eigenvalue weighted by Crippen LogP contribution is -2.17. The summed E-state index contributed by atoms with van der Waals surface area (Å²) in [6, 6.07) is 21.2. The zero-order valence-corrected chi connectivity index (χ0v) is 20.1. The Morgan fingerprint density at radius 3 is 2.53 bits per heavy atom. The molecule has 0 bridgehead atoms. The Kier molecular flexibility index (Phi) is 6.72. The number of rotatable bonds is 6. The lowest BCUT2D eigenvalue weighted by Gasteiger charge is -2.25. The molecule has 1 aliphatic carbocycles. The standard InChI is InChI=1S/C26H25Cl2N3S/c27-21-14-13-20(24(28)16-21)17-32-26-30-29-25(31(26)22-10-2-1-3-11-22)15-19-9-6-8-18-7-4-5-12-23(18)19/h4-9,12-14,16,22H,1-3,10-11,15,17H2. The van der Waals surface area contributed by atoms with Crippen LogP contribution in [0.15, 0.2) is 65.8 Å². The molecule has 1 saturated carbocycles. The Morgan fingerprint density at radius 1 is 0.875 bits per heavy atom. The van der Waals surface area contributed by atoms with Crippen molar-refractivity contribution in [2.45, 2.75) is 55.5 Å². The van der Waals surface area contributed by atoms with Crippen molar-refractivity contribution >= 4 is 45.7 Å². The Morgan fingerprint density at radius 2 is 1.69 bits per heavy atom. The van der Waals surface area contributed by atoms with Gasteiger partial charge in [-0.05, 0) is 46.9 Å². The fourth-order valence-corrected chi connectivity index (χ4v) is 6.21. The van der Waals surface area contributed by atoms with Crippen molar-refractivity contribution in [3.05, 3.63) is 87.7 Å². The molecule has 1 aliphatic rings. The van der Waals surface area contributed by atoms with E-state index in [0.29, 0.717) is 16.1 Å². The number of aromatic nitrogens is 3. The van der Waals surface area contributed by atoms with Gasteiger partial charge in [-0.1, -0.05) is 103 Å². The van der Waals surface area contributed by atoms with Gasteiger partial charge in [0.2, 0.25) is 0 Å². The average Bonchev–Trinajstić information content (AvgIpc) is 3.21. The van der Waals surface area contributed by atoms with Gasteiger partial charge in [-0.3, -0.25) is 0 Å². The summed E-state index contributed by atoms with van der Waals surface area (Å²) in [6.07, 6.45) is 7.02. The summed E-state index contributed by atoms with van der Waals surface area (Å²) >= 11 is 14.2. The molecule has 0 atom stereocenters. The normalized spacial score (nSPS) is 14.8. The minimum Gasteiger partial charge on any atom is -0.303 e. The summed E-state index contributed by atoms with van der Waals surface area (Å²) in [7, 11) is 0. The van der Waals surface area contributed by atoms with Gasteiger partial charge in [-0.2, -0.15) is 0 Å².